The molecular weight excluding hydrogens is 362 g/mol. The van der Waals surface area contributed by atoms with Gasteiger partial charge in [-0.25, -0.2) is 0 Å². The summed E-state index contributed by atoms with van der Waals surface area (Å²) in [7, 11) is 1.72. The summed E-state index contributed by atoms with van der Waals surface area (Å²) in [6.07, 6.45) is 16.6. The van der Waals surface area contributed by atoms with Gasteiger partial charge < -0.3 is 9.84 Å². The highest BCUT2D eigenvalue weighted by atomic mass is 16.5. The Morgan fingerprint density at radius 1 is 1.07 bits per heavy atom. The highest BCUT2D eigenvalue weighted by molar-refractivity contribution is 5.07. The Morgan fingerprint density at radius 2 is 1.93 bits per heavy atom. The number of aryl methyl sites for hydroxylation is 1. The molecule has 1 aromatic rings. The van der Waals surface area contributed by atoms with Crippen LogP contribution in [0.2, 0.25) is 0 Å². The zero-order valence-electron chi connectivity index (χ0n) is 18.3. The number of hydrogen-bond donors (Lipinski definition) is 1. The van der Waals surface area contributed by atoms with Crippen LogP contribution in [0.15, 0.2) is 12.4 Å². The fourth-order valence-electron chi connectivity index (χ4n) is 8.59. The van der Waals surface area contributed by atoms with Crippen molar-refractivity contribution in [3.63, 3.8) is 0 Å². The van der Waals surface area contributed by atoms with Gasteiger partial charge in [-0.3, -0.25) is 4.68 Å². The van der Waals surface area contributed by atoms with E-state index in [1.54, 1.807) is 13.3 Å². The van der Waals surface area contributed by atoms with Crippen LogP contribution in [0.25, 0.3) is 0 Å². The fourth-order valence-corrected chi connectivity index (χ4v) is 8.59. The van der Waals surface area contributed by atoms with Crippen LogP contribution in [0.4, 0.5) is 0 Å². The summed E-state index contributed by atoms with van der Waals surface area (Å²) < 4.78 is 7.35. The van der Waals surface area contributed by atoms with E-state index in [9.17, 15) is 5.11 Å². The van der Waals surface area contributed by atoms with Gasteiger partial charge in [0.1, 0.15) is 0 Å². The van der Waals surface area contributed by atoms with Crippen molar-refractivity contribution in [2.75, 3.05) is 13.7 Å². The zero-order chi connectivity index (χ0) is 20.1. The first kappa shape index (κ1) is 20.0. The van der Waals surface area contributed by atoms with E-state index in [1.165, 1.54) is 51.4 Å². The topological polar surface area (TPSA) is 60.2 Å². The molecule has 0 aromatic carbocycles. The monoisotopic (exact) mass is 401 g/mol. The van der Waals surface area contributed by atoms with Crippen molar-refractivity contribution < 1.29 is 9.84 Å². The van der Waals surface area contributed by atoms with Gasteiger partial charge in [0.15, 0.2) is 0 Å². The summed E-state index contributed by atoms with van der Waals surface area (Å²) in [4.78, 5) is 0. The number of nitrogens with zero attached hydrogens (tertiary/aromatic N) is 3. The van der Waals surface area contributed by atoms with Gasteiger partial charge in [0.25, 0.3) is 0 Å². The number of fused-ring (bicyclic) bond motifs is 5. The molecule has 1 heterocycles. The van der Waals surface area contributed by atoms with Crippen molar-refractivity contribution in [2.45, 2.75) is 83.3 Å². The first-order chi connectivity index (χ1) is 14.0. The quantitative estimate of drug-likeness (QED) is 0.798. The van der Waals surface area contributed by atoms with E-state index < -0.39 is 5.60 Å². The molecule has 29 heavy (non-hydrogen) atoms. The van der Waals surface area contributed by atoms with Crippen molar-refractivity contribution >= 4 is 0 Å². The van der Waals surface area contributed by atoms with Gasteiger partial charge >= 0.3 is 0 Å². The third kappa shape index (κ3) is 3.46. The van der Waals surface area contributed by atoms with Gasteiger partial charge in [0, 0.05) is 19.9 Å². The molecule has 4 aliphatic rings. The molecule has 4 saturated carbocycles. The zero-order valence-corrected chi connectivity index (χ0v) is 18.3. The summed E-state index contributed by atoms with van der Waals surface area (Å²) in [5.41, 5.74) is -0.0359. The van der Waals surface area contributed by atoms with E-state index in [2.05, 4.69) is 17.2 Å². The number of rotatable bonds is 5. The largest absolute Gasteiger partial charge is 0.387 e. The van der Waals surface area contributed by atoms with Crippen LogP contribution in [0.1, 0.15) is 71.1 Å². The molecule has 0 saturated heterocycles. The van der Waals surface area contributed by atoms with Gasteiger partial charge in [0.05, 0.1) is 18.4 Å². The van der Waals surface area contributed by atoms with Crippen molar-refractivity contribution in [3.05, 3.63) is 12.4 Å². The average molecular weight is 402 g/mol. The second kappa shape index (κ2) is 7.64. The molecule has 1 aromatic heterocycles. The van der Waals surface area contributed by atoms with E-state index in [0.717, 1.165) is 54.9 Å². The Morgan fingerprint density at radius 3 is 2.72 bits per heavy atom. The third-order valence-corrected chi connectivity index (χ3v) is 9.89. The lowest BCUT2D eigenvalue weighted by atomic mass is 9.49. The lowest BCUT2D eigenvalue weighted by Gasteiger charge is -2.57. The van der Waals surface area contributed by atoms with Gasteiger partial charge in [0.2, 0.25) is 0 Å². The standard InChI is InChI=1S/C24H39N3O2/c1-23-10-7-20-19-8-11-24(28,16-29-2)15-17(19)3-5-21(20)22(23)6-4-18(23)9-13-27-14-12-25-26-27/h12,14,17-22,28H,3-11,13,15-16H2,1-2H3/t17-,18+,19-,20+,21+,22-,23+,24+/m0/s1. The van der Waals surface area contributed by atoms with Crippen LogP contribution in [0.5, 0.6) is 0 Å². The number of aromatic nitrogens is 3. The Labute approximate surface area is 175 Å². The van der Waals surface area contributed by atoms with Crippen LogP contribution >= 0.6 is 0 Å². The molecule has 0 unspecified atom stereocenters. The molecule has 5 nitrogen and oxygen atoms in total. The molecule has 1 N–H and O–H groups in total. The van der Waals surface area contributed by atoms with Crippen molar-refractivity contribution in [1.29, 1.82) is 0 Å². The summed E-state index contributed by atoms with van der Waals surface area (Å²) >= 11 is 0. The van der Waals surface area contributed by atoms with E-state index in [1.807, 2.05) is 10.9 Å². The number of aliphatic hydroxyl groups is 1. The molecule has 0 radical (unpaired) electrons. The van der Waals surface area contributed by atoms with Crippen LogP contribution in [0.3, 0.4) is 0 Å². The molecular formula is C24H39N3O2. The fraction of sp³-hybridized carbons (Fsp3) is 0.917. The predicted molar refractivity (Wildman–Crippen MR) is 112 cm³/mol. The molecule has 5 heteroatoms. The van der Waals surface area contributed by atoms with Crippen molar-refractivity contribution in [1.82, 2.24) is 15.0 Å². The maximum absolute atomic E-state index is 10.9. The molecule has 0 spiro atoms. The van der Waals surface area contributed by atoms with Crippen molar-refractivity contribution in [3.8, 4) is 0 Å². The van der Waals surface area contributed by atoms with Crippen LogP contribution in [-0.4, -0.2) is 39.4 Å². The van der Waals surface area contributed by atoms with Gasteiger partial charge in [-0.05, 0) is 105 Å². The lowest BCUT2D eigenvalue weighted by molar-refractivity contribution is -0.124. The van der Waals surface area contributed by atoms with Crippen LogP contribution < -0.4 is 0 Å². The van der Waals surface area contributed by atoms with Crippen LogP contribution in [-0.2, 0) is 11.3 Å². The van der Waals surface area contributed by atoms with Crippen molar-refractivity contribution in [2.24, 2.45) is 40.9 Å². The van der Waals surface area contributed by atoms with E-state index in [4.69, 9.17) is 4.74 Å². The Balaban J connectivity index is 1.26. The SMILES string of the molecule is COC[C@@]1(O)CC[C@H]2[C@@H](CC[C@@H]3[C@@H]2CC[C@]2(C)[C@@H](CCn4ccnn4)CC[C@@H]32)C1. The van der Waals surface area contributed by atoms with Gasteiger partial charge in [-0.1, -0.05) is 12.1 Å². The predicted octanol–water partition coefficient (Wildman–Crippen LogP) is 4.31. The first-order valence-corrected chi connectivity index (χ1v) is 12.1. The van der Waals surface area contributed by atoms with Crippen LogP contribution in [0, 0.1) is 40.9 Å². The minimum absolute atomic E-state index is 0.512. The van der Waals surface area contributed by atoms with E-state index in [0.29, 0.717) is 12.0 Å². The molecule has 4 aliphatic carbocycles. The van der Waals surface area contributed by atoms with Gasteiger partial charge in [-0.15, -0.1) is 5.10 Å². The Bertz CT molecular complexity index is 694. The summed E-state index contributed by atoms with van der Waals surface area (Å²) in [6.45, 7) is 4.15. The molecule has 4 fully saturated rings. The maximum atomic E-state index is 10.9. The van der Waals surface area contributed by atoms with Gasteiger partial charge in [-0.2, -0.15) is 0 Å². The highest BCUT2D eigenvalue weighted by Crippen LogP contribution is 2.65. The third-order valence-electron chi connectivity index (χ3n) is 9.89. The average Bonchev–Trinajstić information content (AvgIpc) is 3.33. The summed E-state index contributed by atoms with van der Waals surface area (Å²) in [6, 6.07) is 0. The lowest BCUT2D eigenvalue weighted by Crippen LogP contribution is -2.51. The molecule has 162 valence electrons. The summed E-state index contributed by atoms with van der Waals surface area (Å²) in [5, 5.41) is 19.1. The molecule has 0 bridgehead atoms. The first-order valence-electron chi connectivity index (χ1n) is 12.1. The molecule has 5 rings (SSSR count). The Hall–Kier alpha value is -0.940. The normalized spacial score (nSPS) is 46.7. The summed E-state index contributed by atoms with van der Waals surface area (Å²) in [5.74, 6) is 5.17. The number of hydrogen-bond acceptors (Lipinski definition) is 4. The molecule has 8 atom stereocenters. The second-order valence-electron chi connectivity index (χ2n) is 11.1. The maximum Gasteiger partial charge on any atom is 0.0882 e. The Kier molecular flexibility index (Phi) is 5.26. The molecule has 0 aliphatic heterocycles. The van der Waals surface area contributed by atoms with E-state index >= 15 is 0 Å². The number of ether oxygens (including phenoxy) is 1. The minimum Gasteiger partial charge on any atom is -0.387 e. The van der Waals surface area contributed by atoms with E-state index in [-0.39, 0.29) is 0 Å². The second-order valence-corrected chi connectivity index (χ2v) is 11.1. The minimum atomic E-state index is -0.564. The molecule has 0 amide bonds. The smallest absolute Gasteiger partial charge is 0.0882 e. The number of methoxy groups -OCH3 is 1. The highest BCUT2D eigenvalue weighted by Gasteiger charge is 2.57.